The van der Waals surface area contributed by atoms with Gasteiger partial charge in [0.05, 0.1) is 0 Å². The van der Waals surface area contributed by atoms with Crippen molar-refractivity contribution in [3.8, 4) is 0 Å². The zero-order chi connectivity index (χ0) is 17.6. The van der Waals surface area contributed by atoms with Crippen LogP contribution in [0, 0.1) is 0 Å². The summed E-state index contributed by atoms with van der Waals surface area (Å²) in [5.41, 5.74) is 1.96. The average molecular weight is 343 g/mol. The van der Waals surface area contributed by atoms with Gasteiger partial charge in [-0.2, -0.15) is 0 Å². The molecule has 2 aliphatic heterocycles. The molecule has 136 valence electrons. The molecule has 1 unspecified atom stereocenters. The Balaban J connectivity index is 1.70. The highest BCUT2D eigenvalue weighted by atomic mass is 16.2. The average Bonchev–Trinajstić information content (AvgIpc) is 2.68. The highest BCUT2D eigenvalue weighted by Crippen LogP contribution is 2.28. The highest BCUT2D eigenvalue weighted by Gasteiger charge is 2.25. The lowest BCUT2D eigenvalue weighted by atomic mass is 9.89. The van der Waals surface area contributed by atoms with Crippen molar-refractivity contribution in [2.45, 2.75) is 44.9 Å². The van der Waals surface area contributed by atoms with Crippen molar-refractivity contribution in [3.05, 3.63) is 35.4 Å². The summed E-state index contributed by atoms with van der Waals surface area (Å²) >= 11 is 0. The number of amides is 3. The monoisotopic (exact) mass is 343 g/mol. The molecule has 0 saturated carbocycles. The first-order valence-corrected chi connectivity index (χ1v) is 9.61. The Hall–Kier alpha value is -2.04. The van der Waals surface area contributed by atoms with Crippen LogP contribution in [0.25, 0.3) is 0 Å². The third kappa shape index (κ3) is 4.33. The molecule has 0 radical (unpaired) electrons. The van der Waals surface area contributed by atoms with E-state index in [-0.39, 0.29) is 11.9 Å². The summed E-state index contributed by atoms with van der Waals surface area (Å²) in [5, 5.41) is 2.89. The number of carbonyl (C=O) groups is 2. The van der Waals surface area contributed by atoms with Crippen LogP contribution in [0.15, 0.2) is 24.3 Å². The Morgan fingerprint density at radius 1 is 1.08 bits per heavy atom. The van der Waals surface area contributed by atoms with Gasteiger partial charge < -0.3 is 15.1 Å². The predicted octanol–water partition coefficient (Wildman–Crippen LogP) is 3.22. The van der Waals surface area contributed by atoms with Crippen molar-refractivity contribution < 1.29 is 9.59 Å². The molecule has 5 nitrogen and oxygen atoms in total. The van der Waals surface area contributed by atoms with Crippen LogP contribution in [0.1, 0.15) is 60.9 Å². The summed E-state index contributed by atoms with van der Waals surface area (Å²) in [6.45, 7) is 5.88. The van der Waals surface area contributed by atoms with Gasteiger partial charge in [0.15, 0.2) is 0 Å². The maximum absolute atomic E-state index is 12.7. The van der Waals surface area contributed by atoms with Gasteiger partial charge in [0.25, 0.3) is 5.91 Å². The first-order chi connectivity index (χ1) is 12.2. The molecule has 0 aromatic heterocycles. The van der Waals surface area contributed by atoms with Crippen molar-refractivity contribution in [2.24, 2.45) is 0 Å². The number of likely N-dealkylation sites (tertiary alicyclic amines) is 2. The molecular weight excluding hydrogens is 314 g/mol. The number of nitrogens with one attached hydrogen (secondary N) is 1. The lowest BCUT2D eigenvalue weighted by Crippen LogP contribution is -2.44. The van der Waals surface area contributed by atoms with Gasteiger partial charge in [-0.15, -0.1) is 0 Å². The fourth-order valence-electron chi connectivity index (χ4n) is 3.90. The highest BCUT2D eigenvalue weighted by molar-refractivity contribution is 5.94. The maximum Gasteiger partial charge on any atom is 0.317 e. The van der Waals surface area contributed by atoms with Crippen molar-refractivity contribution in [1.29, 1.82) is 0 Å². The van der Waals surface area contributed by atoms with Gasteiger partial charge >= 0.3 is 6.03 Å². The van der Waals surface area contributed by atoms with Crippen molar-refractivity contribution in [2.75, 3.05) is 32.7 Å². The second kappa shape index (κ2) is 8.37. The Kier molecular flexibility index (Phi) is 5.95. The zero-order valence-corrected chi connectivity index (χ0v) is 15.2. The van der Waals surface area contributed by atoms with Crippen molar-refractivity contribution >= 4 is 11.9 Å². The lowest BCUT2D eigenvalue weighted by molar-refractivity contribution is 0.0724. The van der Waals surface area contributed by atoms with Gasteiger partial charge in [0, 0.05) is 44.2 Å². The SMILES string of the molecule is CCNC(=O)N1CCCC(c2cccc(C(=O)N3CCCCC3)c2)C1. The molecular formula is C20H29N3O2. The van der Waals surface area contributed by atoms with Crippen LogP contribution in [0.5, 0.6) is 0 Å². The van der Waals surface area contributed by atoms with E-state index in [9.17, 15) is 9.59 Å². The molecule has 1 N–H and O–H groups in total. The standard InChI is InChI=1S/C20H29N3O2/c1-2-21-20(25)23-13-7-10-18(15-23)16-8-6-9-17(14-16)19(24)22-11-4-3-5-12-22/h6,8-9,14,18H,2-5,7,10-13,15H2,1H3,(H,21,25). The van der Waals surface area contributed by atoms with Crippen LogP contribution in [0.2, 0.25) is 0 Å². The minimum atomic E-state index is 0.0211. The van der Waals surface area contributed by atoms with Gasteiger partial charge in [0.2, 0.25) is 0 Å². The second-order valence-corrected chi connectivity index (χ2v) is 7.10. The van der Waals surface area contributed by atoms with Crippen molar-refractivity contribution in [3.63, 3.8) is 0 Å². The molecule has 1 atom stereocenters. The Labute approximate surface area is 150 Å². The van der Waals surface area contributed by atoms with E-state index in [2.05, 4.69) is 11.4 Å². The molecule has 0 spiro atoms. The minimum Gasteiger partial charge on any atom is -0.339 e. The van der Waals surface area contributed by atoms with Gasteiger partial charge in [-0.3, -0.25) is 4.79 Å². The number of hydrogen-bond donors (Lipinski definition) is 1. The fourth-order valence-corrected chi connectivity index (χ4v) is 3.90. The molecule has 25 heavy (non-hydrogen) atoms. The minimum absolute atomic E-state index is 0.0211. The third-order valence-corrected chi connectivity index (χ3v) is 5.28. The van der Waals surface area contributed by atoms with E-state index >= 15 is 0 Å². The molecule has 1 aromatic rings. The number of carbonyl (C=O) groups excluding carboxylic acids is 2. The number of urea groups is 1. The molecule has 2 fully saturated rings. The number of piperidine rings is 2. The Morgan fingerprint density at radius 2 is 1.84 bits per heavy atom. The van der Waals surface area contributed by atoms with Crippen LogP contribution in [0.3, 0.4) is 0 Å². The molecule has 3 rings (SSSR count). The molecule has 3 amide bonds. The van der Waals surface area contributed by atoms with E-state index in [1.807, 2.05) is 34.9 Å². The molecule has 5 heteroatoms. The summed E-state index contributed by atoms with van der Waals surface area (Å²) in [4.78, 5) is 28.7. The number of hydrogen-bond acceptors (Lipinski definition) is 2. The van der Waals surface area contributed by atoms with Crippen LogP contribution in [-0.2, 0) is 0 Å². The van der Waals surface area contributed by atoms with Gasteiger partial charge in [-0.05, 0) is 56.7 Å². The van der Waals surface area contributed by atoms with Crippen molar-refractivity contribution in [1.82, 2.24) is 15.1 Å². The first kappa shape index (κ1) is 17.8. The topological polar surface area (TPSA) is 52.7 Å². The zero-order valence-electron chi connectivity index (χ0n) is 15.2. The molecule has 2 saturated heterocycles. The van der Waals surface area contributed by atoms with Gasteiger partial charge in [0.1, 0.15) is 0 Å². The summed E-state index contributed by atoms with van der Waals surface area (Å²) in [7, 11) is 0. The Morgan fingerprint density at radius 3 is 2.60 bits per heavy atom. The van der Waals surface area contributed by atoms with E-state index in [4.69, 9.17) is 0 Å². The lowest BCUT2D eigenvalue weighted by Gasteiger charge is -2.33. The quantitative estimate of drug-likeness (QED) is 0.916. The second-order valence-electron chi connectivity index (χ2n) is 7.10. The number of rotatable bonds is 3. The molecule has 1 aromatic carbocycles. The Bertz CT molecular complexity index is 611. The third-order valence-electron chi connectivity index (χ3n) is 5.28. The summed E-state index contributed by atoms with van der Waals surface area (Å²) in [6, 6.07) is 8.07. The molecule has 0 bridgehead atoms. The number of benzene rings is 1. The summed E-state index contributed by atoms with van der Waals surface area (Å²) in [5.74, 6) is 0.461. The van der Waals surface area contributed by atoms with Crippen LogP contribution < -0.4 is 5.32 Å². The van der Waals surface area contributed by atoms with E-state index in [0.717, 1.165) is 57.4 Å². The van der Waals surface area contributed by atoms with E-state index in [1.165, 1.54) is 12.0 Å². The maximum atomic E-state index is 12.7. The normalized spacial score (nSPS) is 21.1. The van der Waals surface area contributed by atoms with Crippen LogP contribution in [-0.4, -0.2) is 54.5 Å². The number of nitrogens with zero attached hydrogens (tertiary/aromatic N) is 2. The van der Waals surface area contributed by atoms with Crippen LogP contribution >= 0.6 is 0 Å². The molecule has 2 aliphatic rings. The largest absolute Gasteiger partial charge is 0.339 e. The van der Waals surface area contributed by atoms with E-state index < -0.39 is 0 Å². The summed E-state index contributed by atoms with van der Waals surface area (Å²) < 4.78 is 0. The first-order valence-electron chi connectivity index (χ1n) is 9.61. The van der Waals surface area contributed by atoms with Gasteiger partial charge in [-0.25, -0.2) is 4.79 Å². The van der Waals surface area contributed by atoms with Gasteiger partial charge in [-0.1, -0.05) is 12.1 Å². The van der Waals surface area contributed by atoms with E-state index in [0.29, 0.717) is 12.5 Å². The predicted molar refractivity (Wildman–Crippen MR) is 98.8 cm³/mol. The molecule has 2 heterocycles. The summed E-state index contributed by atoms with van der Waals surface area (Å²) in [6.07, 6.45) is 5.51. The van der Waals surface area contributed by atoms with E-state index in [1.54, 1.807) is 0 Å². The smallest absolute Gasteiger partial charge is 0.317 e. The fraction of sp³-hybridized carbons (Fsp3) is 0.600. The van der Waals surface area contributed by atoms with Crippen LogP contribution in [0.4, 0.5) is 4.79 Å². The molecule has 0 aliphatic carbocycles.